The van der Waals surface area contributed by atoms with Gasteiger partial charge in [0.25, 0.3) is 5.91 Å². The summed E-state index contributed by atoms with van der Waals surface area (Å²) in [5.41, 5.74) is 8.53. The molecule has 1 aliphatic carbocycles. The lowest BCUT2D eigenvalue weighted by molar-refractivity contribution is 0.0664. The Morgan fingerprint density at radius 2 is 1.74 bits per heavy atom. The first kappa shape index (κ1) is 20.3. The second-order valence-corrected chi connectivity index (χ2v) is 9.65. The van der Waals surface area contributed by atoms with Gasteiger partial charge in [-0.15, -0.1) is 0 Å². The lowest BCUT2D eigenvalue weighted by Gasteiger charge is -2.40. The molecule has 2 aliphatic heterocycles. The molecule has 0 saturated carbocycles. The van der Waals surface area contributed by atoms with Crippen molar-refractivity contribution in [2.45, 2.75) is 39.2 Å². The number of rotatable bonds is 2. The van der Waals surface area contributed by atoms with Gasteiger partial charge in [-0.05, 0) is 68.5 Å². The third-order valence-electron chi connectivity index (χ3n) is 7.47. The number of carbonyl (C=O) groups excluding carboxylic acids is 1. The van der Waals surface area contributed by atoms with Gasteiger partial charge in [-0.3, -0.25) is 4.79 Å². The maximum atomic E-state index is 13.5. The zero-order valence-corrected chi connectivity index (χ0v) is 19.1. The standard InChI is InChI=1S/C27H33N3O/c1-17-15-18(2)24(19(3)16-17)26-22-9-5-7-20(22)21-8-6-10-23(25(21)28-26)27(31)30-13-11-29(4)12-14-30/h5-8,10,15-16,20,22,26,28H,9,11-14H2,1-4H3. The molecule has 31 heavy (non-hydrogen) atoms. The van der Waals surface area contributed by atoms with Crippen molar-refractivity contribution in [3.05, 3.63) is 75.9 Å². The van der Waals surface area contributed by atoms with Crippen LogP contribution in [0.15, 0.2) is 42.5 Å². The average Bonchev–Trinajstić information content (AvgIpc) is 3.23. The Morgan fingerprint density at radius 1 is 1.03 bits per heavy atom. The van der Waals surface area contributed by atoms with E-state index in [0.29, 0.717) is 11.8 Å². The zero-order chi connectivity index (χ0) is 21.7. The second-order valence-electron chi connectivity index (χ2n) is 9.65. The summed E-state index contributed by atoms with van der Waals surface area (Å²) in [6, 6.07) is 11.1. The minimum Gasteiger partial charge on any atom is -0.377 e. The smallest absolute Gasteiger partial charge is 0.256 e. The predicted octanol–water partition coefficient (Wildman–Crippen LogP) is 4.83. The van der Waals surface area contributed by atoms with Gasteiger partial charge in [0, 0.05) is 32.1 Å². The summed E-state index contributed by atoms with van der Waals surface area (Å²) in [5.74, 6) is 1.01. The van der Waals surface area contributed by atoms with E-state index in [-0.39, 0.29) is 11.9 Å². The first-order valence-electron chi connectivity index (χ1n) is 11.6. The maximum Gasteiger partial charge on any atom is 0.256 e. The van der Waals surface area contributed by atoms with Crippen molar-refractivity contribution in [2.75, 3.05) is 38.5 Å². The van der Waals surface area contributed by atoms with Crippen LogP contribution in [-0.4, -0.2) is 48.9 Å². The Kier molecular flexibility index (Phi) is 5.13. The van der Waals surface area contributed by atoms with Gasteiger partial charge >= 0.3 is 0 Å². The van der Waals surface area contributed by atoms with Crippen LogP contribution in [-0.2, 0) is 0 Å². The molecule has 1 saturated heterocycles. The van der Waals surface area contributed by atoms with Crippen LogP contribution >= 0.6 is 0 Å². The summed E-state index contributed by atoms with van der Waals surface area (Å²) >= 11 is 0. The van der Waals surface area contributed by atoms with Gasteiger partial charge < -0.3 is 15.1 Å². The van der Waals surface area contributed by atoms with Crippen molar-refractivity contribution in [3.63, 3.8) is 0 Å². The number of nitrogens with one attached hydrogen (secondary N) is 1. The molecular weight excluding hydrogens is 382 g/mol. The fraction of sp³-hybridized carbons (Fsp3) is 0.444. The van der Waals surface area contributed by atoms with Crippen LogP contribution in [0.5, 0.6) is 0 Å². The summed E-state index contributed by atoms with van der Waals surface area (Å²) in [7, 11) is 2.12. The molecule has 5 rings (SSSR count). The third-order valence-corrected chi connectivity index (χ3v) is 7.47. The lowest BCUT2D eigenvalue weighted by atomic mass is 9.74. The first-order valence-corrected chi connectivity index (χ1v) is 11.6. The number of likely N-dealkylation sites (N-methyl/N-ethyl adjacent to an activating group) is 1. The quantitative estimate of drug-likeness (QED) is 0.714. The number of allylic oxidation sites excluding steroid dienone is 2. The van der Waals surface area contributed by atoms with Gasteiger partial charge in [-0.25, -0.2) is 0 Å². The number of anilines is 1. The molecule has 3 unspecified atom stereocenters. The fourth-order valence-electron chi connectivity index (χ4n) is 5.95. The molecule has 1 N–H and O–H groups in total. The van der Waals surface area contributed by atoms with Gasteiger partial charge in [0.05, 0.1) is 17.3 Å². The van der Waals surface area contributed by atoms with Gasteiger partial charge in [0.1, 0.15) is 0 Å². The molecule has 2 aromatic rings. The summed E-state index contributed by atoms with van der Waals surface area (Å²) in [5, 5.41) is 3.89. The Balaban J connectivity index is 1.56. The van der Waals surface area contributed by atoms with E-state index in [1.54, 1.807) is 0 Å². The van der Waals surface area contributed by atoms with Crippen LogP contribution in [0, 0.1) is 26.7 Å². The molecule has 3 aliphatic rings. The molecule has 0 spiro atoms. The van der Waals surface area contributed by atoms with Crippen molar-refractivity contribution in [2.24, 2.45) is 5.92 Å². The number of aryl methyl sites for hydroxylation is 3. The van der Waals surface area contributed by atoms with E-state index in [2.05, 4.69) is 74.5 Å². The SMILES string of the molecule is Cc1cc(C)c(C2Nc3c(C(=O)N4CCN(C)CC4)cccc3C3C=CCC32)c(C)c1. The molecule has 162 valence electrons. The van der Waals surface area contributed by atoms with Gasteiger partial charge in [-0.2, -0.15) is 0 Å². The van der Waals surface area contributed by atoms with Crippen LogP contribution in [0.1, 0.15) is 56.6 Å². The number of hydrogen-bond donors (Lipinski definition) is 1. The number of para-hydroxylation sites is 1. The zero-order valence-electron chi connectivity index (χ0n) is 19.1. The minimum atomic E-state index is 0.161. The Labute approximate surface area is 185 Å². The average molecular weight is 416 g/mol. The Hall–Kier alpha value is -2.59. The molecule has 4 heteroatoms. The van der Waals surface area contributed by atoms with E-state index < -0.39 is 0 Å². The maximum absolute atomic E-state index is 13.5. The Morgan fingerprint density at radius 3 is 2.45 bits per heavy atom. The van der Waals surface area contributed by atoms with E-state index >= 15 is 0 Å². The van der Waals surface area contributed by atoms with E-state index in [9.17, 15) is 4.79 Å². The summed E-state index contributed by atoms with van der Waals surface area (Å²) in [6.45, 7) is 10.1. The predicted molar refractivity (Wildman–Crippen MR) is 127 cm³/mol. The van der Waals surface area contributed by atoms with Crippen LogP contribution in [0.25, 0.3) is 0 Å². The van der Waals surface area contributed by atoms with E-state index in [1.807, 2.05) is 11.0 Å². The number of amides is 1. The number of benzene rings is 2. The number of fused-ring (bicyclic) bond motifs is 3. The summed E-state index contributed by atoms with van der Waals surface area (Å²) in [4.78, 5) is 17.8. The minimum absolute atomic E-state index is 0.161. The highest BCUT2D eigenvalue weighted by Gasteiger charge is 2.40. The number of piperazine rings is 1. The highest BCUT2D eigenvalue weighted by Crippen LogP contribution is 2.51. The number of nitrogens with zero attached hydrogens (tertiary/aromatic N) is 2. The normalized spacial score (nSPS) is 25.2. The molecule has 1 amide bonds. The fourth-order valence-corrected chi connectivity index (χ4v) is 5.95. The van der Waals surface area contributed by atoms with E-state index in [4.69, 9.17) is 0 Å². The van der Waals surface area contributed by atoms with Crippen molar-refractivity contribution in [1.29, 1.82) is 0 Å². The van der Waals surface area contributed by atoms with Crippen molar-refractivity contribution in [3.8, 4) is 0 Å². The molecule has 2 heterocycles. The number of hydrogen-bond acceptors (Lipinski definition) is 3. The summed E-state index contributed by atoms with van der Waals surface area (Å²) < 4.78 is 0. The van der Waals surface area contributed by atoms with Crippen LogP contribution in [0.2, 0.25) is 0 Å². The number of carbonyl (C=O) groups is 1. The highest BCUT2D eigenvalue weighted by molar-refractivity contribution is 6.01. The topological polar surface area (TPSA) is 35.6 Å². The van der Waals surface area contributed by atoms with Crippen molar-refractivity contribution in [1.82, 2.24) is 9.80 Å². The van der Waals surface area contributed by atoms with Gasteiger partial charge in [0.15, 0.2) is 0 Å². The van der Waals surface area contributed by atoms with Crippen LogP contribution < -0.4 is 5.32 Å². The second kappa shape index (κ2) is 7.83. The highest BCUT2D eigenvalue weighted by atomic mass is 16.2. The van der Waals surface area contributed by atoms with Gasteiger partial charge in [0.2, 0.25) is 0 Å². The van der Waals surface area contributed by atoms with Crippen LogP contribution in [0.4, 0.5) is 5.69 Å². The lowest BCUT2D eigenvalue weighted by Crippen LogP contribution is -2.47. The molecule has 0 radical (unpaired) electrons. The molecule has 3 atom stereocenters. The molecule has 4 nitrogen and oxygen atoms in total. The molecular formula is C27H33N3O. The van der Waals surface area contributed by atoms with Crippen molar-refractivity contribution < 1.29 is 4.79 Å². The monoisotopic (exact) mass is 415 g/mol. The Bertz CT molecular complexity index is 1030. The molecule has 0 bridgehead atoms. The van der Waals surface area contributed by atoms with Crippen LogP contribution in [0.3, 0.4) is 0 Å². The molecule has 2 aromatic carbocycles. The van der Waals surface area contributed by atoms with E-state index in [1.165, 1.54) is 27.8 Å². The van der Waals surface area contributed by atoms with Crippen molar-refractivity contribution >= 4 is 11.6 Å². The third kappa shape index (κ3) is 3.47. The van der Waals surface area contributed by atoms with E-state index in [0.717, 1.165) is 43.9 Å². The molecule has 0 aromatic heterocycles. The van der Waals surface area contributed by atoms with Gasteiger partial charge in [-0.1, -0.05) is 42.0 Å². The largest absolute Gasteiger partial charge is 0.377 e. The first-order chi connectivity index (χ1) is 14.9. The summed E-state index contributed by atoms with van der Waals surface area (Å²) in [6.07, 6.45) is 5.76. The molecule has 1 fully saturated rings.